The molecule has 2 aromatic rings. The van der Waals surface area contributed by atoms with Crippen molar-refractivity contribution in [3.63, 3.8) is 0 Å². The van der Waals surface area contributed by atoms with Crippen LogP contribution in [0.5, 0.6) is 0 Å². The Balaban J connectivity index is 2.30. The number of aryl methyl sites for hydroxylation is 1. The zero-order chi connectivity index (χ0) is 15.6. The van der Waals surface area contributed by atoms with E-state index in [9.17, 15) is 20.2 Å². The van der Waals surface area contributed by atoms with Crippen molar-refractivity contribution in [1.82, 2.24) is 4.98 Å². The fourth-order valence-corrected chi connectivity index (χ4v) is 1.72. The van der Waals surface area contributed by atoms with Crippen LogP contribution < -0.4 is 11.1 Å². The number of nitro groups is 2. The molecule has 0 aliphatic rings. The van der Waals surface area contributed by atoms with Gasteiger partial charge < -0.3 is 11.1 Å². The van der Waals surface area contributed by atoms with Crippen molar-refractivity contribution in [2.45, 2.75) is 6.92 Å². The van der Waals surface area contributed by atoms with Crippen LogP contribution in [0.4, 0.5) is 28.7 Å². The number of nitrogens with one attached hydrogen (secondary N) is 1. The minimum absolute atomic E-state index is 0.0325. The zero-order valence-corrected chi connectivity index (χ0v) is 10.9. The third-order valence-corrected chi connectivity index (χ3v) is 2.78. The molecule has 0 fully saturated rings. The normalized spacial score (nSPS) is 10.1. The maximum Gasteiger partial charge on any atom is 0.311 e. The lowest BCUT2D eigenvalue weighted by atomic mass is 10.2. The van der Waals surface area contributed by atoms with Crippen LogP contribution in [0.1, 0.15) is 5.56 Å². The molecule has 0 aliphatic heterocycles. The van der Waals surface area contributed by atoms with Gasteiger partial charge in [0.1, 0.15) is 5.82 Å². The van der Waals surface area contributed by atoms with E-state index in [0.717, 1.165) is 0 Å². The van der Waals surface area contributed by atoms with Crippen molar-refractivity contribution in [1.29, 1.82) is 0 Å². The van der Waals surface area contributed by atoms with Gasteiger partial charge in [0, 0.05) is 23.4 Å². The molecule has 0 radical (unpaired) electrons. The van der Waals surface area contributed by atoms with E-state index in [-0.39, 0.29) is 23.0 Å². The molecular formula is C12H11N5O4. The number of nitrogens with zero attached hydrogens (tertiary/aromatic N) is 3. The van der Waals surface area contributed by atoms with Gasteiger partial charge in [0.25, 0.3) is 5.69 Å². The molecule has 0 unspecified atom stereocenters. The first-order valence-electron chi connectivity index (χ1n) is 5.81. The second-order valence-electron chi connectivity index (χ2n) is 4.24. The number of rotatable bonds is 4. The summed E-state index contributed by atoms with van der Waals surface area (Å²) in [6.45, 7) is 1.63. The third-order valence-electron chi connectivity index (χ3n) is 2.78. The SMILES string of the molecule is Cc1ccc(Nc2ccc([N+](=O)[O-])c(N)n2)cc1[N+](=O)[O-]. The van der Waals surface area contributed by atoms with E-state index >= 15 is 0 Å². The second kappa shape index (κ2) is 5.41. The standard InChI is InChI=1S/C12H11N5O4/c1-7-2-3-8(6-10(7)17(20)21)14-11-5-4-9(16(18)19)12(13)15-11/h2-6H,1H3,(H3,13,14,15). The average molecular weight is 289 g/mol. The van der Waals surface area contributed by atoms with E-state index in [2.05, 4.69) is 10.3 Å². The number of pyridine rings is 1. The molecular weight excluding hydrogens is 278 g/mol. The van der Waals surface area contributed by atoms with Crippen LogP contribution in [0, 0.1) is 27.2 Å². The number of hydrogen-bond acceptors (Lipinski definition) is 7. The molecule has 3 N–H and O–H groups in total. The number of aromatic nitrogens is 1. The number of benzene rings is 1. The van der Waals surface area contributed by atoms with Crippen LogP contribution in [0.2, 0.25) is 0 Å². The quantitative estimate of drug-likeness (QED) is 0.651. The second-order valence-corrected chi connectivity index (χ2v) is 4.24. The lowest BCUT2D eigenvalue weighted by Gasteiger charge is -2.07. The first-order valence-corrected chi connectivity index (χ1v) is 5.81. The summed E-state index contributed by atoms with van der Waals surface area (Å²) < 4.78 is 0. The molecule has 0 aliphatic carbocycles. The van der Waals surface area contributed by atoms with E-state index in [1.165, 1.54) is 18.2 Å². The van der Waals surface area contributed by atoms with Gasteiger partial charge in [0.15, 0.2) is 0 Å². The Labute approximate surface area is 118 Å². The van der Waals surface area contributed by atoms with Crippen LogP contribution in [-0.2, 0) is 0 Å². The number of nitrogens with two attached hydrogens (primary N) is 1. The fourth-order valence-electron chi connectivity index (χ4n) is 1.72. The van der Waals surface area contributed by atoms with Crippen molar-refractivity contribution in [3.05, 3.63) is 56.1 Å². The molecule has 1 heterocycles. The van der Waals surface area contributed by atoms with E-state index < -0.39 is 9.85 Å². The molecule has 0 spiro atoms. The summed E-state index contributed by atoms with van der Waals surface area (Å²) in [6.07, 6.45) is 0. The molecule has 2 rings (SSSR count). The Kier molecular flexibility index (Phi) is 3.65. The first kappa shape index (κ1) is 14.2. The minimum Gasteiger partial charge on any atom is -0.378 e. The molecule has 0 saturated heterocycles. The van der Waals surface area contributed by atoms with Crippen molar-refractivity contribution < 1.29 is 9.85 Å². The molecule has 0 amide bonds. The monoisotopic (exact) mass is 289 g/mol. The summed E-state index contributed by atoms with van der Waals surface area (Å²) in [5.41, 5.74) is 6.12. The summed E-state index contributed by atoms with van der Waals surface area (Å²) in [5, 5.41) is 24.3. The Hall–Kier alpha value is -3.23. The average Bonchev–Trinajstić information content (AvgIpc) is 2.40. The number of nitrogen functional groups attached to an aromatic ring is 1. The molecule has 9 nitrogen and oxygen atoms in total. The highest BCUT2D eigenvalue weighted by atomic mass is 16.6. The highest BCUT2D eigenvalue weighted by molar-refractivity contribution is 5.65. The number of anilines is 3. The van der Waals surface area contributed by atoms with Gasteiger partial charge in [-0.15, -0.1) is 0 Å². The Morgan fingerprint density at radius 2 is 1.76 bits per heavy atom. The molecule has 0 bridgehead atoms. The van der Waals surface area contributed by atoms with Crippen LogP contribution in [0.25, 0.3) is 0 Å². The first-order chi connectivity index (χ1) is 9.88. The van der Waals surface area contributed by atoms with Crippen LogP contribution in [0.15, 0.2) is 30.3 Å². The summed E-state index contributed by atoms with van der Waals surface area (Å²) in [6, 6.07) is 7.18. The van der Waals surface area contributed by atoms with Gasteiger partial charge >= 0.3 is 5.69 Å². The van der Waals surface area contributed by atoms with Crippen LogP contribution >= 0.6 is 0 Å². The van der Waals surface area contributed by atoms with Gasteiger partial charge in [0.05, 0.1) is 9.85 Å². The molecule has 0 saturated carbocycles. The van der Waals surface area contributed by atoms with Gasteiger partial charge in [0.2, 0.25) is 5.82 Å². The Bertz CT molecular complexity index is 732. The zero-order valence-electron chi connectivity index (χ0n) is 10.9. The summed E-state index contributed by atoms with van der Waals surface area (Å²) in [4.78, 5) is 24.2. The van der Waals surface area contributed by atoms with Gasteiger partial charge in [-0.3, -0.25) is 20.2 Å². The number of nitro benzene ring substituents is 1. The molecule has 9 heteroatoms. The lowest BCUT2D eigenvalue weighted by Crippen LogP contribution is -2.02. The molecule has 0 atom stereocenters. The van der Waals surface area contributed by atoms with Crippen LogP contribution in [0.3, 0.4) is 0 Å². The number of hydrogen-bond donors (Lipinski definition) is 2. The third kappa shape index (κ3) is 3.03. The molecule has 108 valence electrons. The van der Waals surface area contributed by atoms with Gasteiger partial charge in [-0.2, -0.15) is 0 Å². The van der Waals surface area contributed by atoms with Crippen molar-refractivity contribution in [2.24, 2.45) is 0 Å². The molecule has 1 aromatic heterocycles. The maximum absolute atomic E-state index is 10.9. The molecule has 21 heavy (non-hydrogen) atoms. The molecule has 1 aromatic carbocycles. The highest BCUT2D eigenvalue weighted by Crippen LogP contribution is 2.26. The van der Waals surface area contributed by atoms with Gasteiger partial charge in [-0.1, -0.05) is 6.07 Å². The van der Waals surface area contributed by atoms with Gasteiger partial charge in [-0.25, -0.2) is 4.98 Å². The minimum atomic E-state index is -0.636. The fraction of sp³-hybridized carbons (Fsp3) is 0.0833. The van der Waals surface area contributed by atoms with Crippen molar-refractivity contribution >= 4 is 28.7 Å². The van der Waals surface area contributed by atoms with E-state index in [0.29, 0.717) is 11.3 Å². The summed E-state index contributed by atoms with van der Waals surface area (Å²) >= 11 is 0. The Morgan fingerprint density at radius 1 is 1.10 bits per heavy atom. The largest absolute Gasteiger partial charge is 0.378 e. The predicted molar refractivity (Wildman–Crippen MR) is 76.4 cm³/mol. The topological polar surface area (TPSA) is 137 Å². The Morgan fingerprint density at radius 3 is 2.33 bits per heavy atom. The smallest absolute Gasteiger partial charge is 0.311 e. The summed E-state index contributed by atoms with van der Waals surface area (Å²) in [7, 11) is 0. The summed E-state index contributed by atoms with van der Waals surface area (Å²) in [5.74, 6) is 0.0304. The van der Waals surface area contributed by atoms with E-state index in [1.54, 1.807) is 19.1 Å². The van der Waals surface area contributed by atoms with Crippen molar-refractivity contribution in [2.75, 3.05) is 11.1 Å². The lowest BCUT2D eigenvalue weighted by molar-refractivity contribution is -0.385. The van der Waals surface area contributed by atoms with Gasteiger partial charge in [-0.05, 0) is 19.1 Å². The van der Waals surface area contributed by atoms with Crippen molar-refractivity contribution in [3.8, 4) is 0 Å². The van der Waals surface area contributed by atoms with E-state index in [4.69, 9.17) is 5.73 Å². The maximum atomic E-state index is 10.9. The van der Waals surface area contributed by atoms with Crippen LogP contribution in [-0.4, -0.2) is 14.8 Å². The predicted octanol–water partition coefficient (Wildman–Crippen LogP) is 2.53. The highest BCUT2D eigenvalue weighted by Gasteiger charge is 2.14. The van der Waals surface area contributed by atoms with E-state index in [1.807, 2.05) is 0 Å².